The minimum atomic E-state index is -2.69. The van der Waals surface area contributed by atoms with Crippen LogP contribution in [0.4, 0.5) is 0 Å². The molecule has 0 aromatic heterocycles. The Labute approximate surface area is 237 Å². The molecule has 0 heterocycles. The molecular formula is C29H37N3O9. The van der Waals surface area contributed by atoms with Gasteiger partial charge >= 0.3 is 5.97 Å². The minimum absolute atomic E-state index is 0.00380. The van der Waals surface area contributed by atoms with E-state index in [9.17, 15) is 39.6 Å². The second kappa shape index (κ2) is 10.6. The third-order valence-electron chi connectivity index (χ3n) is 7.95. The van der Waals surface area contributed by atoms with Gasteiger partial charge in [0.05, 0.1) is 24.8 Å². The monoisotopic (exact) mass is 571 g/mol. The van der Waals surface area contributed by atoms with Gasteiger partial charge < -0.3 is 36.2 Å². The number of nitrogens with zero attached hydrogens (tertiary/aromatic N) is 1. The van der Waals surface area contributed by atoms with E-state index in [1.807, 2.05) is 20.8 Å². The smallest absolute Gasteiger partial charge is 0.319 e. The van der Waals surface area contributed by atoms with Crippen LogP contribution in [0.3, 0.4) is 0 Å². The summed E-state index contributed by atoms with van der Waals surface area (Å²) in [6.07, 6.45) is 0.155. The quantitative estimate of drug-likeness (QED) is 0.198. The van der Waals surface area contributed by atoms with E-state index in [0.717, 1.165) is 0 Å². The number of phenolic OH excluding ortho intramolecular Hbond substituents is 1. The number of primary amides is 1. The van der Waals surface area contributed by atoms with E-state index in [1.54, 1.807) is 20.2 Å². The van der Waals surface area contributed by atoms with Gasteiger partial charge in [-0.25, -0.2) is 0 Å². The number of phenols is 1. The highest BCUT2D eigenvalue weighted by molar-refractivity contribution is 6.24. The van der Waals surface area contributed by atoms with Crippen molar-refractivity contribution in [2.75, 3.05) is 27.2 Å². The molecule has 0 aliphatic heterocycles. The molecule has 1 amide bonds. The predicted octanol–water partition coefficient (Wildman–Crippen LogP) is 0.643. The normalized spacial score (nSPS) is 26.1. The zero-order valence-corrected chi connectivity index (χ0v) is 23.8. The van der Waals surface area contributed by atoms with Crippen molar-refractivity contribution in [2.24, 2.45) is 23.0 Å². The highest BCUT2D eigenvalue weighted by Gasteiger charge is 2.64. The summed E-state index contributed by atoms with van der Waals surface area (Å²) >= 11 is 0. The van der Waals surface area contributed by atoms with Gasteiger partial charge in [0, 0.05) is 18.0 Å². The van der Waals surface area contributed by atoms with Gasteiger partial charge in [0.1, 0.15) is 22.8 Å². The second-order valence-corrected chi connectivity index (χ2v) is 12.4. The molecule has 0 saturated heterocycles. The fourth-order valence-electron chi connectivity index (χ4n) is 6.12. The van der Waals surface area contributed by atoms with Crippen LogP contribution in [0.2, 0.25) is 0 Å². The summed E-state index contributed by atoms with van der Waals surface area (Å²) in [7, 11) is 3.09. The number of ether oxygens (including phenoxy) is 1. The zero-order valence-electron chi connectivity index (χ0n) is 23.8. The number of hydrogen-bond donors (Lipinski definition) is 6. The van der Waals surface area contributed by atoms with Gasteiger partial charge in [0.25, 0.3) is 5.91 Å². The van der Waals surface area contributed by atoms with Crippen LogP contribution in [0.5, 0.6) is 5.75 Å². The molecule has 4 rings (SSSR count). The highest BCUT2D eigenvalue weighted by Crippen LogP contribution is 2.52. The lowest BCUT2D eigenvalue weighted by Crippen LogP contribution is -2.65. The molecule has 3 aliphatic rings. The van der Waals surface area contributed by atoms with Crippen LogP contribution < -0.4 is 11.1 Å². The maximum atomic E-state index is 13.9. The van der Waals surface area contributed by atoms with Crippen molar-refractivity contribution in [1.82, 2.24) is 10.2 Å². The first-order valence-corrected chi connectivity index (χ1v) is 13.4. The first-order chi connectivity index (χ1) is 19.0. The standard InChI is InChI=1S/C29H37N3O9/c1-28(2,3)12-41-18(34)11-31-10-13-6-7-17(33)20-15(13)8-14-9-16-22(32(4)5)24(36)21(27(30)39)26(38)29(16,40)25(37)19(14)23(20)35/h6-7,14,16,22,31,33,35,38,40H,8-12H2,1-5H3,(H2,30,39)/t14-,16-,22-,29-/m0/s1. The number of likely N-dealkylation sites (N-methyl/N-ethyl adjacent to an activating group) is 1. The fraction of sp³-hybridized carbons (Fsp3) is 0.517. The molecule has 1 aromatic carbocycles. The third kappa shape index (κ3) is 5.11. The van der Waals surface area contributed by atoms with Crippen molar-refractivity contribution in [3.63, 3.8) is 0 Å². The number of esters is 1. The van der Waals surface area contributed by atoms with Gasteiger partial charge in [0.2, 0.25) is 5.78 Å². The van der Waals surface area contributed by atoms with Gasteiger partial charge in [-0.15, -0.1) is 0 Å². The van der Waals surface area contributed by atoms with Crippen molar-refractivity contribution in [3.8, 4) is 5.75 Å². The van der Waals surface area contributed by atoms with E-state index in [-0.39, 0.29) is 54.8 Å². The van der Waals surface area contributed by atoms with Gasteiger partial charge in [0.15, 0.2) is 11.4 Å². The summed E-state index contributed by atoms with van der Waals surface area (Å²) in [5, 5.41) is 47.6. The van der Waals surface area contributed by atoms with Crippen LogP contribution in [0.1, 0.15) is 43.9 Å². The van der Waals surface area contributed by atoms with Gasteiger partial charge in [-0.3, -0.25) is 24.1 Å². The number of aliphatic hydroxyl groups excluding tert-OH is 2. The fourth-order valence-corrected chi connectivity index (χ4v) is 6.12. The van der Waals surface area contributed by atoms with Crippen LogP contribution in [0.15, 0.2) is 29.0 Å². The van der Waals surface area contributed by atoms with Gasteiger partial charge in [-0.1, -0.05) is 26.8 Å². The van der Waals surface area contributed by atoms with Crippen molar-refractivity contribution < 1.29 is 44.3 Å². The number of carbonyl (C=O) groups excluding carboxylic acids is 4. The summed E-state index contributed by atoms with van der Waals surface area (Å²) in [5.41, 5.74) is 2.58. The number of benzene rings is 1. The molecule has 1 aromatic rings. The van der Waals surface area contributed by atoms with E-state index in [2.05, 4.69) is 5.32 Å². The number of ketones is 2. The Balaban J connectivity index is 1.71. The van der Waals surface area contributed by atoms with E-state index in [4.69, 9.17) is 10.5 Å². The Morgan fingerprint density at radius 1 is 1.17 bits per heavy atom. The summed E-state index contributed by atoms with van der Waals surface area (Å²) in [5.74, 6) is -7.44. The topological polar surface area (TPSA) is 200 Å². The first kappa shape index (κ1) is 30.2. The van der Waals surface area contributed by atoms with E-state index < -0.39 is 64.0 Å². The number of nitrogens with two attached hydrogens (primary N) is 1. The molecule has 12 nitrogen and oxygen atoms in total. The average Bonchev–Trinajstić information content (AvgIpc) is 2.85. The molecule has 7 N–H and O–H groups in total. The van der Waals surface area contributed by atoms with Crippen LogP contribution in [0, 0.1) is 17.3 Å². The molecule has 222 valence electrons. The maximum Gasteiger partial charge on any atom is 0.319 e. The molecule has 41 heavy (non-hydrogen) atoms. The second-order valence-electron chi connectivity index (χ2n) is 12.4. The Kier molecular flexibility index (Phi) is 7.80. The Bertz CT molecular complexity index is 1390. The summed E-state index contributed by atoms with van der Waals surface area (Å²) in [6, 6.07) is 1.83. The first-order valence-electron chi connectivity index (χ1n) is 13.4. The number of hydrogen-bond acceptors (Lipinski definition) is 11. The lowest BCUT2D eigenvalue weighted by atomic mass is 9.57. The molecule has 3 aliphatic carbocycles. The lowest BCUT2D eigenvalue weighted by molar-refractivity contribution is -0.153. The van der Waals surface area contributed by atoms with Crippen LogP contribution >= 0.6 is 0 Å². The van der Waals surface area contributed by atoms with Crippen LogP contribution in [-0.4, -0.2) is 87.7 Å². The number of nitrogens with one attached hydrogen (secondary N) is 1. The Morgan fingerprint density at radius 3 is 2.41 bits per heavy atom. The average molecular weight is 572 g/mol. The minimum Gasteiger partial charge on any atom is -0.508 e. The molecule has 0 bridgehead atoms. The third-order valence-corrected chi connectivity index (χ3v) is 7.95. The van der Waals surface area contributed by atoms with E-state index >= 15 is 0 Å². The van der Waals surface area contributed by atoms with E-state index in [1.165, 1.54) is 11.0 Å². The molecule has 0 spiro atoms. The van der Waals surface area contributed by atoms with E-state index in [0.29, 0.717) is 11.1 Å². The Hall–Kier alpha value is -3.74. The summed E-state index contributed by atoms with van der Waals surface area (Å²) in [4.78, 5) is 52.8. The number of carbonyl (C=O) groups is 4. The molecular weight excluding hydrogens is 534 g/mol. The molecule has 0 unspecified atom stereocenters. The largest absolute Gasteiger partial charge is 0.508 e. The number of aromatic hydroxyl groups is 1. The number of amides is 1. The van der Waals surface area contributed by atoms with Crippen molar-refractivity contribution in [2.45, 2.75) is 51.8 Å². The lowest BCUT2D eigenvalue weighted by Gasteiger charge is -2.50. The number of aliphatic hydroxyl groups is 3. The van der Waals surface area contributed by atoms with Crippen molar-refractivity contribution in [1.29, 1.82) is 0 Å². The summed E-state index contributed by atoms with van der Waals surface area (Å²) in [6.45, 7) is 6.21. The number of fused-ring (bicyclic) bond motifs is 3. The molecule has 1 saturated carbocycles. The molecule has 4 atom stereocenters. The SMILES string of the molecule is CN(C)[C@@H]1C(=O)C(C(N)=O)=C(O)[C@@]2(O)C(=O)C3=C(O)c4c(O)ccc(CNCC(=O)OCC(C)(C)C)c4C[C@H]3C[C@@H]12. The van der Waals surface area contributed by atoms with Gasteiger partial charge in [-0.2, -0.15) is 0 Å². The predicted molar refractivity (Wildman–Crippen MR) is 146 cm³/mol. The maximum absolute atomic E-state index is 13.9. The van der Waals surface area contributed by atoms with Crippen LogP contribution in [-0.2, 0) is 36.9 Å². The summed E-state index contributed by atoms with van der Waals surface area (Å²) < 4.78 is 5.27. The zero-order chi connectivity index (χ0) is 30.6. The number of Topliss-reactive ketones (excluding diaryl/α,β-unsaturated/α-hetero) is 2. The molecule has 0 radical (unpaired) electrons. The van der Waals surface area contributed by atoms with Gasteiger partial charge in [-0.05, 0) is 55.5 Å². The molecule has 1 fully saturated rings. The highest BCUT2D eigenvalue weighted by atomic mass is 16.5. The number of rotatable bonds is 7. The Morgan fingerprint density at radius 2 is 1.83 bits per heavy atom. The van der Waals surface area contributed by atoms with Crippen molar-refractivity contribution >= 4 is 29.2 Å². The van der Waals surface area contributed by atoms with Crippen molar-refractivity contribution in [3.05, 3.63) is 45.7 Å². The molecule has 12 heteroatoms. The van der Waals surface area contributed by atoms with Crippen LogP contribution in [0.25, 0.3) is 5.76 Å².